The fourth-order valence-electron chi connectivity index (χ4n) is 3.27. The van der Waals surface area contributed by atoms with E-state index in [-0.39, 0.29) is 35.6 Å². The maximum Gasteiger partial charge on any atom is 0.254 e. The number of benzene rings is 1. The normalized spacial score (nSPS) is 10.7. The van der Waals surface area contributed by atoms with Gasteiger partial charge in [0.15, 0.2) is 0 Å². The summed E-state index contributed by atoms with van der Waals surface area (Å²) in [7, 11) is 0. The lowest BCUT2D eigenvalue weighted by Gasteiger charge is -2.07. The highest BCUT2D eigenvalue weighted by molar-refractivity contribution is 6.03. The average Bonchev–Trinajstić information content (AvgIpc) is 3.37. The topological polar surface area (TPSA) is 166 Å². The van der Waals surface area contributed by atoms with E-state index in [1.54, 1.807) is 35.0 Å². The van der Waals surface area contributed by atoms with Crippen molar-refractivity contribution < 1.29 is 14.1 Å². The second-order valence-electron chi connectivity index (χ2n) is 7.77. The summed E-state index contributed by atoms with van der Waals surface area (Å²) in [5, 5.41) is 19.6. The third kappa shape index (κ3) is 5.27. The molecule has 1 aromatic carbocycles. The molecule has 0 unspecified atom stereocenters. The van der Waals surface area contributed by atoms with Crippen LogP contribution in [0.3, 0.4) is 0 Å². The van der Waals surface area contributed by atoms with E-state index in [9.17, 15) is 9.59 Å². The Bertz CT molecular complexity index is 1230. The highest BCUT2D eigenvalue weighted by Crippen LogP contribution is 2.29. The lowest BCUT2D eigenvalue weighted by Crippen LogP contribution is -2.15. The zero-order chi connectivity index (χ0) is 24.1. The fourth-order valence-corrected chi connectivity index (χ4v) is 3.27. The van der Waals surface area contributed by atoms with E-state index in [1.807, 2.05) is 19.9 Å². The first-order valence-electron chi connectivity index (χ1n) is 10.3. The van der Waals surface area contributed by atoms with Crippen LogP contribution in [0.5, 0.6) is 0 Å². The Morgan fingerprint density at radius 2 is 2.00 bits per heavy atom. The van der Waals surface area contributed by atoms with Gasteiger partial charge in [-0.3, -0.25) is 14.9 Å². The maximum absolute atomic E-state index is 12.4. The van der Waals surface area contributed by atoms with Gasteiger partial charge in [-0.25, -0.2) is 4.68 Å². The van der Waals surface area contributed by atoms with Gasteiger partial charge in [-0.1, -0.05) is 36.0 Å². The molecule has 0 spiro atoms. The van der Waals surface area contributed by atoms with Gasteiger partial charge in [-0.15, -0.1) is 0 Å². The number of nitrogens with one attached hydrogen (secondary N) is 1. The Kier molecular flexibility index (Phi) is 6.93. The maximum atomic E-state index is 12.4. The van der Waals surface area contributed by atoms with Crippen LogP contribution in [0, 0.1) is 11.3 Å². The number of nitrogens with two attached hydrogens (primary N) is 2. The highest BCUT2D eigenvalue weighted by Gasteiger charge is 2.22. The quantitative estimate of drug-likeness (QED) is 0.452. The molecule has 10 heteroatoms. The van der Waals surface area contributed by atoms with Crippen molar-refractivity contribution in [2.24, 2.45) is 5.73 Å². The largest absolute Gasteiger partial charge is 0.383 e. The standard InChI is InChI=1S/C23H25N7O3/c1-13(2)30-22(25)20(23(26)32)21(28-30)16-8-6-15(7-9-16)11-18(31)27-19-12-17(29-33-19)14(3)5-4-10-24/h6-9,12-13H,3-5,11,25H2,1-2H3,(H2,26,32)(H,27,31). The van der Waals surface area contributed by atoms with Crippen LogP contribution in [-0.4, -0.2) is 26.8 Å². The summed E-state index contributed by atoms with van der Waals surface area (Å²) in [5.74, 6) is -0.526. The molecule has 0 bridgehead atoms. The van der Waals surface area contributed by atoms with E-state index in [4.69, 9.17) is 21.3 Å². The molecule has 2 amide bonds. The molecular formula is C23H25N7O3. The number of nitriles is 1. The lowest BCUT2D eigenvalue weighted by molar-refractivity contribution is -0.115. The second-order valence-corrected chi connectivity index (χ2v) is 7.77. The number of hydrogen-bond donors (Lipinski definition) is 3. The van der Waals surface area contributed by atoms with Gasteiger partial charge in [0.05, 0.1) is 12.5 Å². The van der Waals surface area contributed by atoms with Crippen molar-refractivity contribution in [3.63, 3.8) is 0 Å². The molecule has 0 atom stereocenters. The number of primary amides is 1. The van der Waals surface area contributed by atoms with Gasteiger partial charge in [0.1, 0.15) is 22.8 Å². The van der Waals surface area contributed by atoms with Crippen molar-refractivity contribution in [3.8, 4) is 17.3 Å². The molecule has 33 heavy (non-hydrogen) atoms. The van der Waals surface area contributed by atoms with Crippen LogP contribution in [0.1, 0.15) is 54.3 Å². The molecule has 0 aliphatic heterocycles. The molecule has 2 heterocycles. The average molecular weight is 447 g/mol. The van der Waals surface area contributed by atoms with Crippen molar-refractivity contribution in [1.82, 2.24) is 14.9 Å². The summed E-state index contributed by atoms with van der Waals surface area (Å²) in [6, 6.07) is 10.6. The number of rotatable bonds is 9. The molecule has 0 radical (unpaired) electrons. The smallest absolute Gasteiger partial charge is 0.254 e. The number of hydrogen-bond acceptors (Lipinski definition) is 7. The van der Waals surface area contributed by atoms with Gasteiger partial charge in [0, 0.05) is 24.1 Å². The van der Waals surface area contributed by atoms with E-state index in [0.717, 1.165) is 5.56 Å². The minimum absolute atomic E-state index is 0.0417. The van der Waals surface area contributed by atoms with E-state index < -0.39 is 5.91 Å². The van der Waals surface area contributed by atoms with E-state index >= 15 is 0 Å². The minimum atomic E-state index is -0.653. The summed E-state index contributed by atoms with van der Waals surface area (Å²) in [4.78, 5) is 24.3. The first kappa shape index (κ1) is 23.3. The molecule has 0 saturated heterocycles. The molecule has 0 saturated carbocycles. The monoisotopic (exact) mass is 447 g/mol. The molecule has 5 N–H and O–H groups in total. The Balaban J connectivity index is 1.69. The van der Waals surface area contributed by atoms with Crippen molar-refractivity contribution in [1.29, 1.82) is 5.26 Å². The first-order valence-corrected chi connectivity index (χ1v) is 10.3. The third-order valence-electron chi connectivity index (χ3n) is 4.95. The summed E-state index contributed by atoms with van der Waals surface area (Å²) in [5.41, 5.74) is 14.7. The van der Waals surface area contributed by atoms with Crippen molar-refractivity contribution in [3.05, 3.63) is 53.7 Å². The molecule has 0 aliphatic carbocycles. The Morgan fingerprint density at radius 3 is 2.61 bits per heavy atom. The first-order chi connectivity index (χ1) is 15.7. The lowest BCUT2D eigenvalue weighted by atomic mass is 10.0. The van der Waals surface area contributed by atoms with Crippen molar-refractivity contribution in [2.45, 2.75) is 39.2 Å². The van der Waals surface area contributed by atoms with Gasteiger partial charge < -0.3 is 16.0 Å². The number of anilines is 2. The SMILES string of the molecule is C=C(CCC#N)c1cc(NC(=O)Cc2ccc(-c3nn(C(C)C)c(N)c3C(N)=O)cc2)on1. The zero-order valence-corrected chi connectivity index (χ0v) is 18.5. The summed E-state index contributed by atoms with van der Waals surface area (Å²) in [6.07, 6.45) is 0.896. The van der Waals surface area contributed by atoms with Crippen molar-refractivity contribution >= 4 is 29.1 Å². The number of amides is 2. The summed E-state index contributed by atoms with van der Waals surface area (Å²) in [6.45, 7) is 7.66. The highest BCUT2D eigenvalue weighted by atomic mass is 16.5. The van der Waals surface area contributed by atoms with E-state index in [1.165, 1.54) is 0 Å². The van der Waals surface area contributed by atoms with Crippen LogP contribution >= 0.6 is 0 Å². The predicted molar refractivity (Wildman–Crippen MR) is 124 cm³/mol. The van der Waals surface area contributed by atoms with Crippen LogP contribution in [0.2, 0.25) is 0 Å². The van der Waals surface area contributed by atoms with Gasteiger partial charge in [0.2, 0.25) is 11.8 Å². The van der Waals surface area contributed by atoms with Crippen LogP contribution in [0.4, 0.5) is 11.7 Å². The van der Waals surface area contributed by atoms with E-state index in [2.05, 4.69) is 22.2 Å². The van der Waals surface area contributed by atoms with E-state index in [0.29, 0.717) is 35.4 Å². The third-order valence-corrected chi connectivity index (χ3v) is 4.95. The Labute approximate surface area is 190 Å². The molecule has 0 fully saturated rings. The van der Waals surface area contributed by atoms with Crippen LogP contribution < -0.4 is 16.8 Å². The van der Waals surface area contributed by atoms with Gasteiger partial charge in [0.25, 0.3) is 5.91 Å². The number of nitrogens with zero attached hydrogens (tertiary/aromatic N) is 4. The Morgan fingerprint density at radius 1 is 1.30 bits per heavy atom. The van der Waals surface area contributed by atoms with Gasteiger partial charge >= 0.3 is 0 Å². The molecule has 3 rings (SSSR count). The number of nitrogen functional groups attached to an aromatic ring is 1. The number of aromatic nitrogens is 3. The fraction of sp³-hybridized carbons (Fsp3) is 0.261. The Hall–Kier alpha value is -4.39. The number of allylic oxidation sites excluding steroid dienone is 1. The summed E-state index contributed by atoms with van der Waals surface area (Å²) >= 11 is 0. The number of carbonyl (C=O) groups is 2. The number of carbonyl (C=O) groups excluding carboxylic acids is 2. The minimum Gasteiger partial charge on any atom is -0.383 e. The van der Waals surface area contributed by atoms with Crippen molar-refractivity contribution in [2.75, 3.05) is 11.1 Å². The van der Waals surface area contributed by atoms with Crippen LogP contribution in [0.15, 0.2) is 41.4 Å². The second kappa shape index (κ2) is 9.82. The van der Waals surface area contributed by atoms with Gasteiger partial charge in [-0.2, -0.15) is 10.4 Å². The molecular weight excluding hydrogens is 422 g/mol. The van der Waals surface area contributed by atoms with Gasteiger partial charge in [-0.05, 0) is 31.4 Å². The molecule has 3 aromatic rings. The molecule has 170 valence electrons. The molecule has 2 aromatic heterocycles. The molecule has 10 nitrogen and oxygen atoms in total. The molecule has 0 aliphatic rings. The van der Waals surface area contributed by atoms with Crippen LogP contribution in [0.25, 0.3) is 16.8 Å². The zero-order valence-electron chi connectivity index (χ0n) is 18.5. The summed E-state index contributed by atoms with van der Waals surface area (Å²) < 4.78 is 6.68. The predicted octanol–water partition coefficient (Wildman–Crippen LogP) is 3.30. The van der Waals surface area contributed by atoms with Crippen LogP contribution in [-0.2, 0) is 11.2 Å².